The van der Waals surface area contributed by atoms with Crippen molar-refractivity contribution in [1.82, 2.24) is 0 Å². The number of hydrogen-bond acceptors (Lipinski definition) is 1. The number of aryl methyl sites for hydroxylation is 1. The molecule has 0 atom stereocenters. The maximum atomic E-state index is 5.58. The Morgan fingerprint density at radius 2 is 1.67 bits per heavy atom. The van der Waals surface area contributed by atoms with Crippen LogP contribution in [0.4, 0.5) is 0 Å². The van der Waals surface area contributed by atoms with E-state index in [0.717, 1.165) is 23.1 Å². The summed E-state index contributed by atoms with van der Waals surface area (Å²) in [6.45, 7) is 2.25. The van der Waals surface area contributed by atoms with Crippen LogP contribution in [0.2, 0.25) is 0 Å². The van der Waals surface area contributed by atoms with Crippen LogP contribution in [0.25, 0.3) is 12.2 Å². The zero-order valence-electron chi connectivity index (χ0n) is 14.7. The van der Waals surface area contributed by atoms with Crippen LogP contribution >= 0.6 is 15.9 Å². The van der Waals surface area contributed by atoms with Gasteiger partial charge in [-0.2, -0.15) is 0 Å². The van der Waals surface area contributed by atoms with Crippen molar-refractivity contribution in [2.45, 2.75) is 44.4 Å². The van der Waals surface area contributed by atoms with Gasteiger partial charge in [0, 0.05) is 10.9 Å². The number of methoxy groups -OCH3 is 1. The summed E-state index contributed by atoms with van der Waals surface area (Å²) in [5.41, 5.74) is 4.98. The monoisotopic (exact) mass is 386 g/mol. The lowest BCUT2D eigenvalue weighted by Crippen LogP contribution is -1.91. The van der Waals surface area contributed by atoms with Gasteiger partial charge in [0.2, 0.25) is 0 Å². The highest BCUT2D eigenvalue weighted by atomic mass is 79.9. The summed E-state index contributed by atoms with van der Waals surface area (Å²) in [6.07, 6.45) is 10.6. The number of rotatable bonds is 9. The van der Waals surface area contributed by atoms with Crippen LogP contribution in [0, 0.1) is 0 Å². The van der Waals surface area contributed by atoms with Crippen LogP contribution in [0.3, 0.4) is 0 Å². The molecule has 0 heterocycles. The molecular weight excluding hydrogens is 360 g/mol. The van der Waals surface area contributed by atoms with Gasteiger partial charge in [0.15, 0.2) is 0 Å². The molecule has 0 fully saturated rings. The van der Waals surface area contributed by atoms with Gasteiger partial charge in [-0.05, 0) is 35.6 Å². The standard InChI is InChI=1S/C22H27BrO/c1-3-4-5-6-7-19-13-15-21(22(16-19)24-2)14-12-18-8-10-20(17-23)11-9-18/h8-16H,3-7,17H2,1-2H3. The van der Waals surface area contributed by atoms with Crippen molar-refractivity contribution >= 4 is 28.1 Å². The van der Waals surface area contributed by atoms with Crippen molar-refractivity contribution < 1.29 is 4.74 Å². The quantitative estimate of drug-likeness (QED) is 0.259. The highest BCUT2D eigenvalue weighted by Crippen LogP contribution is 2.24. The third kappa shape index (κ3) is 5.83. The molecule has 0 saturated carbocycles. The first kappa shape index (κ1) is 18.8. The van der Waals surface area contributed by atoms with Crippen molar-refractivity contribution in [3.63, 3.8) is 0 Å². The topological polar surface area (TPSA) is 9.23 Å². The minimum Gasteiger partial charge on any atom is -0.496 e. The molecule has 0 aromatic heterocycles. The highest BCUT2D eigenvalue weighted by Gasteiger charge is 2.02. The van der Waals surface area contributed by atoms with Crippen molar-refractivity contribution in [2.75, 3.05) is 7.11 Å². The van der Waals surface area contributed by atoms with Crippen molar-refractivity contribution in [2.24, 2.45) is 0 Å². The first-order valence-corrected chi connectivity index (χ1v) is 9.89. The van der Waals surface area contributed by atoms with Gasteiger partial charge in [-0.15, -0.1) is 0 Å². The zero-order chi connectivity index (χ0) is 17.2. The number of halogens is 1. The molecule has 0 aliphatic carbocycles. The molecule has 1 nitrogen and oxygen atoms in total. The van der Waals surface area contributed by atoms with Gasteiger partial charge in [-0.3, -0.25) is 0 Å². The molecule has 0 spiro atoms. The Morgan fingerprint density at radius 3 is 2.33 bits per heavy atom. The van der Waals surface area contributed by atoms with Crippen molar-refractivity contribution in [3.05, 3.63) is 64.7 Å². The van der Waals surface area contributed by atoms with E-state index in [4.69, 9.17) is 4.74 Å². The lowest BCUT2D eigenvalue weighted by Gasteiger charge is -2.08. The minimum atomic E-state index is 0.893. The third-order valence-corrected chi connectivity index (χ3v) is 4.85. The molecule has 2 heteroatoms. The van der Waals surface area contributed by atoms with Gasteiger partial charge >= 0.3 is 0 Å². The molecule has 2 aromatic rings. The Bertz CT molecular complexity index is 644. The average molecular weight is 387 g/mol. The van der Waals surface area contributed by atoms with Gasteiger partial charge in [-0.1, -0.05) is 90.7 Å². The average Bonchev–Trinajstić information content (AvgIpc) is 2.64. The molecule has 2 rings (SSSR count). The first-order valence-electron chi connectivity index (χ1n) is 8.76. The van der Waals surface area contributed by atoms with E-state index in [1.807, 2.05) is 0 Å². The summed E-state index contributed by atoms with van der Waals surface area (Å²) in [7, 11) is 1.75. The molecule has 0 bridgehead atoms. The molecule has 24 heavy (non-hydrogen) atoms. The fourth-order valence-corrected chi connectivity index (χ4v) is 3.08. The van der Waals surface area contributed by atoms with Gasteiger partial charge < -0.3 is 4.74 Å². The Kier molecular flexibility index (Phi) is 8.11. The fraction of sp³-hybridized carbons (Fsp3) is 0.364. The fourth-order valence-electron chi connectivity index (χ4n) is 2.71. The molecular formula is C22H27BrO. The van der Waals surface area contributed by atoms with Crippen LogP contribution in [0.1, 0.15) is 54.9 Å². The normalized spacial score (nSPS) is 11.1. The lowest BCUT2D eigenvalue weighted by atomic mass is 10.0. The number of ether oxygens (including phenoxy) is 1. The van der Waals surface area contributed by atoms with Crippen LogP contribution in [0.5, 0.6) is 5.75 Å². The largest absolute Gasteiger partial charge is 0.496 e. The Balaban J connectivity index is 2.04. The van der Waals surface area contributed by atoms with E-state index in [-0.39, 0.29) is 0 Å². The number of hydrogen-bond donors (Lipinski definition) is 0. The second-order valence-electron chi connectivity index (χ2n) is 6.10. The predicted octanol–water partition coefficient (Wildman–Crippen LogP) is 6.88. The van der Waals surface area contributed by atoms with Crippen LogP contribution in [-0.2, 0) is 11.8 Å². The number of alkyl halides is 1. The molecule has 0 unspecified atom stereocenters. The minimum absolute atomic E-state index is 0.893. The van der Waals surface area contributed by atoms with E-state index in [9.17, 15) is 0 Å². The summed E-state index contributed by atoms with van der Waals surface area (Å²) >= 11 is 3.48. The van der Waals surface area contributed by atoms with Crippen LogP contribution in [-0.4, -0.2) is 7.11 Å². The molecule has 0 aliphatic rings. The number of benzene rings is 2. The second kappa shape index (κ2) is 10.4. The molecule has 0 aliphatic heterocycles. The van der Waals surface area contributed by atoms with Crippen molar-refractivity contribution in [1.29, 1.82) is 0 Å². The SMILES string of the molecule is CCCCCCc1ccc(C=Cc2ccc(CBr)cc2)c(OC)c1. The first-order chi connectivity index (χ1) is 11.8. The van der Waals surface area contributed by atoms with E-state index in [1.165, 1.54) is 42.4 Å². The summed E-state index contributed by atoms with van der Waals surface area (Å²) in [4.78, 5) is 0. The van der Waals surface area contributed by atoms with Gasteiger partial charge in [0.05, 0.1) is 7.11 Å². The predicted molar refractivity (Wildman–Crippen MR) is 109 cm³/mol. The maximum absolute atomic E-state index is 5.58. The van der Waals surface area contributed by atoms with Crippen LogP contribution in [0.15, 0.2) is 42.5 Å². The van der Waals surface area contributed by atoms with E-state index in [0.29, 0.717) is 0 Å². The van der Waals surface area contributed by atoms with Gasteiger partial charge in [0.1, 0.15) is 5.75 Å². The second-order valence-corrected chi connectivity index (χ2v) is 6.66. The van der Waals surface area contributed by atoms with Gasteiger partial charge in [-0.25, -0.2) is 0 Å². The molecule has 0 radical (unpaired) electrons. The van der Waals surface area contributed by atoms with Crippen LogP contribution < -0.4 is 4.74 Å². The number of unbranched alkanes of at least 4 members (excludes halogenated alkanes) is 3. The highest BCUT2D eigenvalue weighted by molar-refractivity contribution is 9.08. The molecule has 128 valence electrons. The molecule has 0 N–H and O–H groups in total. The van der Waals surface area contributed by atoms with Gasteiger partial charge in [0.25, 0.3) is 0 Å². The smallest absolute Gasteiger partial charge is 0.126 e. The van der Waals surface area contributed by atoms with Crippen molar-refractivity contribution in [3.8, 4) is 5.75 Å². The summed E-state index contributed by atoms with van der Waals surface area (Å²) in [5, 5.41) is 0.893. The van der Waals surface area contributed by atoms with E-state index >= 15 is 0 Å². The van der Waals surface area contributed by atoms with E-state index in [2.05, 4.69) is 77.5 Å². The maximum Gasteiger partial charge on any atom is 0.126 e. The molecule has 0 amide bonds. The van der Waals surface area contributed by atoms with E-state index < -0.39 is 0 Å². The molecule has 2 aromatic carbocycles. The van der Waals surface area contributed by atoms with E-state index in [1.54, 1.807) is 7.11 Å². The molecule has 0 saturated heterocycles. The Labute approximate surface area is 154 Å². The summed E-state index contributed by atoms with van der Waals surface area (Å²) in [5.74, 6) is 0.955. The Hall–Kier alpha value is -1.54. The lowest BCUT2D eigenvalue weighted by molar-refractivity contribution is 0.413. The Morgan fingerprint density at radius 1 is 0.917 bits per heavy atom. The third-order valence-electron chi connectivity index (χ3n) is 4.21. The summed E-state index contributed by atoms with van der Waals surface area (Å²) < 4.78 is 5.58. The summed E-state index contributed by atoms with van der Waals surface area (Å²) in [6, 6.07) is 15.1. The zero-order valence-corrected chi connectivity index (χ0v) is 16.3.